The van der Waals surface area contributed by atoms with Gasteiger partial charge in [0.05, 0.1) is 12.1 Å². The highest BCUT2D eigenvalue weighted by atomic mass is 16.5. The van der Waals surface area contributed by atoms with Crippen LogP contribution < -0.4 is 10.2 Å². The number of fused-ring (bicyclic) bond motifs is 3. The molecule has 1 N–H and O–H groups in total. The number of aromatic nitrogens is 1. The highest BCUT2D eigenvalue weighted by molar-refractivity contribution is 6.01. The normalized spacial score (nSPS) is 12.8. The van der Waals surface area contributed by atoms with Crippen LogP contribution in [0.25, 0.3) is 10.9 Å². The minimum Gasteiger partial charge on any atom is -0.457 e. The molecule has 0 atom stereocenters. The van der Waals surface area contributed by atoms with Gasteiger partial charge in [0, 0.05) is 39.8 Å². The molecule has 1 aliphatic rings. The highest BCUT2D eigenvalue weighted by Gasteiger charge is 2.32. The van der Waals surface area contributed by atoms with Crippen molar-refractivity contribution in [2.24, 2.45) is 5.10 Å². The van der Waals surface area contributed by atoms with E-state index in [1.54, 1.807) is 6.21 Å². The number of hydrogen-bond acceptors (Lipinski definition) is 3. The topological polar surface area (TPSA) is 55.6 Å². The molecular formula is C31H25N3O2. The van der Waals surface area contributed by atoms with E-state index in [1.165, 1.54) is 5.56 Å². The van der Waals surface area contributed by atoms with Crippen LogP contribution >= 0.6 is 0 Å². The third kappa shape index (κ3) is 3.85. The maximum absolute atomic E-state index is 13.4. The minimum atomic E-state index is -0.496. The van der Waals surface area contributed by atoms with Crippen LogP contribution in [0.4, 0.5) is 0 Å². The van der Waals surface area contributed by atoms with Crippen LogP contribution in [0.1, 0.15) is 33.9 Å². The molecule has 36 heavy (non-hydrogen) atoms. The van der Waals surface area contributed by atoms with Crippen LogP contribution in [0, 0.1) is 6.92 Å². The van der Waals surface area contributed by atoms with Crippen molar-refractivity contribution in [2.75, 3.05) is 0 Å². The molecule has 2 heterocycles. The zero-order valence-electron chi connectivity index (χ0n) is 19.9. The molecule has 0 radical (unpaired) electrons. The molecule has 0 saturated heterocycles. The summed E-state index contributed by atoms with van der Waals surface area (Å²) in [5.41, 5.74) is 8.93. The second-order valence-electron chi connectivity index (χ2n) is 8.93. The fourth-order valence-corrected chi connectivity index (χ4v) is 5.01. The van der Waals surface area contributed by atoms with Crippen LogP contribution in [0.2, 0.25) is 0 Å². The van der Waals surface area contributed by atoms with Crippen LogP contribution in [-0.4, -0.2) is 16.7 Å². The number of para-hydroxylation sites is 3. The van der Waals surface area contributed by atoms with Gasteiger partial charge >= 0.3 is 0 Å². The molecule has 0 unspecified atom stereocenters. The van der Waals surface area contributed by atoms with E-state index in [9.17, 15) is 4.79 Å². The van der Waals surface area contributed by atoms with Crippen molar-refractivity contribution >= 4 is 23.0 Å². The summed E-state index contributed by atoms with van der Waals surface area (Å²) >= 11 is 0. The number of hydrogen-bond donors (Lipinski definition) is 1. The Morgan fingerprint density at radius 1 is 0.861 bits per heavy atom. The molecule has 0 aliphatic carbocycles. The molecule has 5 nitrogen and oxygen atoms in total. The van der Waals surface area contributed by atoms with Crippen molar-refractivity contribution in [1.82, 2.24) is 9.99 Å². The lowest BCUT2D eigenvalue weighted by Gasteiger charge is -2.26. The largest absolute Gasteiger partial charge is 0.457 e. The number of benzene rings is 4. The second kappa shape index (κ2) is 9.19. The Hall–Kier alpha value is -4.64. The van der Waals surface area contributed by atoms with E-state index in [1.807, 2.05) is 66.7 Å². The molecule has 0 fully saturated rings. The second-order valence-corrected chi connectivity index (χ2v) is 8.93. The third-order valence-corrected chi connectivity index (χ3v) is 6.77. The number of ether oxygens (including phenoxy) is 1. The first-order valence-electron chi connectivity index (χ1n) is 12.0. The zero-order chi connectivity index (χ0) is 24.5. The first-order chi connectivity index (χ1) is 17.7. The zero-order valence-corrected chi connectivity index (χ0v) is 19.9. The van der Waals surface area contributed by atoms with Crippen molar-refractivity contribution in [3.05, 3.63) is 131 Å². The summed E-state index contributed by atoms with van der Waals surface area (Å²) in [6.45, 7) is 2.86. The number of carbonyl (C=O) groups excluding carboxylic acids is 1. The molecule has 0 bridgehead atoms. The van der Waals surface area contributed by atoms with Gasteiger partial charge < -0.3 is 9.30 Å². The van der Waals surface area contributed by atoms with Gasteiger partial charge in [-0.05, 0) is 30.7 Å². The maximum atomic E-state index is 13.4. The number of nitrogens with one attached hydrogen (secondary N) is 1. The lowest BCUT2D eigenvalue weighted by atomic mass is 9.87. The average molecular weight is 472 g/mol. The summed E-state index contributed by atoms with van der Waals surface area (Å²) in [5.74, 6) is 0.698. The predicted molar refractivity (Wildman–Crippen MR) is 143 cm³/mol. The molecule has 1 amide bonds. The molecule has 5 heteroatoms. The van der Waals surface area contributed by atoms with Crippen molar-refractivity contribution in [3.8, 4) is 11.5 Å². The van der Waals surface area contributed by atoms with Gasteiger partial charge in [0.1, 0.15) is 11.5 Å². The lowest BCUT2D eigenvalue weighted by Crippen LogP contribution is -2.28. The molecule has 1 aromatic heterocycles. The summed E-state index contributed by atoms with van der Waals surface area (Å²) in [7, 11) is 0. The Labute approximate surface area is 209 Å². The Kier molecular flexibility index (Phi) is 5.58. The molecule has 6 rings (SSSR count). The lowest BCUT2D eigenvalue weighted by molar-refractivity contribution is -0.121. The fourth-order valence-electron chi connectivity index (χ4n) is 5.01. The first-order valence-corrected chi connectivity index (χ1v) is 12.0. The maximum Gasteiger partial charge on any atom is 0.252 e. The number of hydrazone groups is 1. The van der Waals surface area contributed by atoms with E-state index >= 15 is 0 Å². The highest BCUT2D eigenvalue weighted by Crippen LogP contribution is 2.43. The van der Waals surface area contributed by atoms with Gasteiger partial charge in [0.25, 0.3) is 5.91 Å². The van der Waals surface area contributed by atoms with Gasteiger partial charge in [-0.15, -0.1) is 0 Å². The summed E-state index contributed by atoms with van der Waals surface area (Å²) in [6.07, 6.45) is 1.76. The summed E-state index contributed by atoms with van der Waals surface area (Å²) in [4.78, 5) is 13.4. The third-order valence-electron chi connectivity index (χ3n) is 6.77. The molecule has 1 aliphatic heterocycles. The predicted octanol–water partition coefficient (Wildman–Crippen LogP) is 6.39. The number of rotatable bonds is 5. The van der Waals surface area contributed by atoms with Gasteiger partial charge in [-0.25, -0.2) is 5.43 Å². The van der Waals surface area contributed by atoms with E-state index in [0.29, 0.717) is 11.5 Å². The van der Waals surface area contributed by atoms with Gasteiger partial charge in [-0.1, -0.05) is 84.9 Å². The van der Waals surface area contributed by atoms with E-state index in [0.717, 1.165) is 39.8 Å². The van der Waals surface area contributed by atoms with Crippen molar-refractivity contribution in [2.45, 2.75) is 19.4 Å². The van der Waals surface area contributed by atoms with E-state index in [4.69, 9.17) is 4.74 Å². The van der Waals surface area contributed by atoms with Crippen molar-refractivity contribution in [3.63, 3.8) is 0 Å². The Morgan fingerprint density at radius 3 is 2.19 bits per heavy atom. The van der Waals surface area contributed by atoms with Crippen molar-refractivity contribution < 1.29 is 9.53 Å². The number of amides is 1. The SMILES string of the molecule is Cc1c(/C=N\NC(=O)C2c3ccccc3Oc3ccccc32)c2ccccc2n1Cc1ccccc1. The molecule has 4 aromatic carbocycles. The summed E-state index contributed by atoms with van der Waals surface area (Å²) in [6, 6.07) is 34.0. The van der Waals surface area contributed by atoms with Gasteiger partial charge in [-0.2, -0.15) is 5.10 Å². The van der Waals surface area contributed by atoms with Crippen molar-refractivity contribution in [1.29, 1.82) is 0 Å². The molecule has 0 spiro atoms. The summed E-state index contributed by atoms with van der Waals surface area (Å²) in [5, 5.41) is 5.52. The fraction of sp³-hybridized carbons (Fsp3) is 0.0968. The van der Waals surface area contributed by atoms with E-state index < -0.39 is 5.92 Å². The van der Waals surface area contributed by atoms with Gasteiger partial charge in [-0.3, -0.25) is 4.79 Å². The Balaban J connectivity index is 1.31. The quantitative estimate of drug-likeness (QED) is 0.239. The molecule has 5 aromatic rings. The molecule has 176 valence electrons. The number of nitrogens with zero attached hydrogens (tertiary/aromatic N) is 2. The minimum absolute atomic E-state index is 0.194. The van der Waals surface area contributed by atoms with Gasteiger partial charge in [0.15, 0.2) is 0 Å². The Morgan fingerprint density at radius 2 is 1.47 bits per heavy atom. The van der Waals surface area contributed by atoms with Crippen LogP contribution in [-0.2, 0) is 11.3 Å². The van der Waals surface area contributed by atoms with E-state index in [-0.39, 0.29) is 5.91 Å². The summed E-state index contributed by atoms with van der Waals surface area (Å²) < 4.78 is 8.32. The monoisotopic (exact) mass is 471 g/mol. The van der Waals surface area contributed by atoms with Crippen LogP contribution in [0.5, 0.6) is 11.5 Å². The average Bonchev–Trinajstić information content (AvgIpc) is 3.18. The first kappa shape index (κ1) is 21.9. The standard InChI is InChI=1S/C31H25N3O2/c1-21-26(23-13-5-8-16-27(23)34(21)20-22-11-3-2-4-12-22)19-32-33-31(35)30-24-14-6-9-17-28(24)36-29-18-10-7-15-25(29)30/h2-19,30H,20H2,1H3,(H,33,35)/b32-19-. The smallest absolute Gasteiger partial charge is 0.252 e. The van der Waals surface area contributed by atoms with Crippen LogP contribution in [0.15, 0.2) is 108 Å². The molecular weight excluding hydrogens is 446 g/mol. The van der Waals surface area contributed by atoms with E-state index in [2.05, 4.69) is 58.4 Å². The van der Waals surface area contributed by atoms with Gasteiger partial charge in [0.2, 0.25) is 0 Å². The Bertz CT molecular complexity index is 1560. The van der Waals surface area contributed by atoms with Crippen LogP contribution in [0.3, 0.4) is 0 Å². The number of carbonyl (C=O) groups is 1. The molecule has 0 saturated carbocycles.